The predicted octanol–water partition coefficient (Wildman–Crippen LogP) is 0.218. The van der Waals surface area contributed by atoms with Gasteiger partial charge in [-0.1, -0.05) is 12.8 Å². The Balaban J connectivity index is 2.31. The second-order valence-corrected chi connectivity index (χ2v) is 2.81. The van der Waals surface area contributed by atoms with E-state index in [1.54, 1.807) is 0 Å². The fourth-order valence-corrected chi connectivity index (χ4v) is 0.989. The van der Waals surface area contributed by atoms with Crippen LogP contribution in [0.25, 0.3) is 0 Å². The van der Waals surface area contributed by atoms with E-state index in [4.69, 9.17) is 27.1 Å². The molecule has 0 atom stereocenters. The van der Waals surface area contributed by atoms with Crippen molar-refractivity contribution < 1.29 is 14.2 Å². The van der Waals surface area contributed by atoms with E-state index in [9.17, 15) is 0 Å². The Morgan fingerprint density at radius 2 is 1.67 bits per heavy atom. The van der Waals surface area contributed by atoms with E-state index in [2.05, 4.69) is 12.2 Å². The normalized spacial score (nSPS) is 18.2. The molecule has 1 fully saturated rings. The molecule has 12 heavy (non-hydrogen) atoms. The van der Waals surface area contributed by atoms with Gasteiger partial charge in [0, 0.05) is 0 Å². The molecule has 0 aromatic carbocycles. The molecule has 1 rings (SSSR count). The Kier molecular flexibility index (Phi) is 2.85. The van der Waals surface area contributed by atoms with Crippen LogP contribution in [-0.4, -0.2) is 26.4 Å². The number of ether oxygens (including phenoxy) is 3. The first-order chi connectivity index (χ1) is 5.83. The lowest BCUT2D eigenvalue weighted by Crippen LogP contribution is -2.49. The zero-order valence-corrected chi connectivity index (χ0v) is 6.71. The topological polar surface area (TPSA) is 27.7 Å². The minimum atomic E-state index is -0.126. The van der Waals surface area contributed by atoms with Crippen molar-refractivity contribution >= 4 is 0 Å². The Hall–Kier alpha value is -1.32. The van der Waals surface area contributed by atoms with Crippen molar-refractivity contribution in [2.24, 2.45) is 5.41 Å². The maximum atomic E-state index is 5.04. The molecule has 0 aliphatic carbocycles. The smallest absolute Gasteiger partial charge is 0.113 e. The zero-order valence-electron chi connectivity index (χ0n) is 6.71. The molecule has 0 bridgehead atoms. The second kappa shape index (κ2) is 3.90. The van der Waals surface area contributed by atoms with Crippen LogP contribution in [0.15, 0.2) is 0 Å². The highest BCUT2D eigenvalue weighted by molar-refractivity contribution is 4.88. The molecule has 0 aromatic heterocycles. The van der Waals surface area contributed by atoms with E-state index >= 15 is 0 Å². The van der Waals surface area contributed by atoms with E-state index in [1.165, 1.54) is 0 Å². The summed E-state index contributed by atoms with van der Waals surface area (Å²) in [7, 11) is 0. The van der Waals surface area contributed by atoms with Crippen LogP contribution in [-0.2, 0) is 14.2 Å². The maximum Gasteiger partial charge on any atom is 0.113 e. The highest BCUT2D eigenvalue weighted by atomic mass is 16.5. The Morgan fingerprint density at radius 1 is 1.17 bits per heavy atom. The van der Waals surface area contributed by atoms with Crippen LogP contribution < -0.4 is 0 Å². The van der Waals surface area contributed by atoms with Crippen LogP contribution in [0.1, 0.15) is 0 Å². The molecule has 0 saturated carbocycles. The predicted molar refractivity (Wildman–Crippen MR) is 42.8 cm³/mol. The van der Waals surface area contributed by atoms with E-state index in [-0.39, 0.29) is 5.41 Å². The van der Waals surface area contributed by atoms with Gasteiger partial charge in [-0.25, -0.2) is 0 Å². The second-order valence-electron chi connectivity index (χ2n) is 2.81. The molecule has 0 radical (unpaired) electrons. The number of terminal acetylenes is 2. The van der Waals surface area contributed by atoms with Gasteiger partial charge in [-0.3, -0.25) is 0 Å². The van der Waals surface area contributed by atoms with Gasteiger partial charge >= 0.3 is 0 Å². The van der Waals surface area contributed by atoms with Crippen LogP contribution in [0.4, 0.5) is 0 Å². The number of rotatable bonds is 4. The summed E-state index contributed by atoms with van der Waals surface area (Å²) in [4.78, 5) is 0. The first-order valence-electron chi connectivity index (χ1n) is 3.55. The van der Waals surface area contributed by atoms with Gasteiger partial charge in [-0.05, 0) is 0 Å². The highest BCUT2D eigenvalue weighted by Crippen LogP contribution is 2.27. The minimum absolute atomic E-state index is 0.126. The summed E-state index contributed by atoms with van der Waals surface area (Å²) in [5.41, 5.74) is -0.126. The fraction of sp³-hybridized carbons (Fsp3) is 0.556. The summed E-state index contributed by atoms with van der Waals surface area (Å²) in [6, 6.07) is 0. The lowest BCUT2D eigenvalue weighted by Gasteiger charge is -2.38. The number of hydrogen-bond acceptors (Lipinski definition) is 3. The van der Waals surface area contributed by atoms with Crippen LogP contribution in [0.2, 0.25) is 0 Å². The van der Waals surface area contributed by atoms with Gasteiger partial charge in [0.15, 0.2) is 0 Å². The van der Waals surface area contributed by atoms with Crippen LogP contribution in [0.5, 0.6) is 0 Å². The molecule has 0 amide bonds. The summed E-state index contributed by atoms with van der Waals surface area (Å²) in [5.74, 6) is 0. The minimum Gasteiger partial charge on any atom is -0.446 e. The Bertz CT molecular complexity index is 197. The van der Waals surface area contributed by atoms with Crippen LogP contribution in [0, 0.1) is 30.5 Å². The maximum absolute atomic E-state index is 5.04. The molecule has 1 saturated heterocycles. The van der Waals surface area contributed by atoms with Gasteiger partial charge in [-0.2, -0.15) is 0 Å². The first kappa shape index (κ1) is 8.77. The lowest BCUT2D eigenvalue weighted by atomic mass is 9.88. The fourth-order valence-electron chi connectivity index (χ4n) is 0.989. The van der Waals surface area contributed by atoms with E-state index in [0.29, 0.717) is 26.4 Å². The summed E-state index contributed by atoms with van der Waals surface area (Å²) < 4.78 is 14.7. The number of hydrogen-bond donors (Lipinski definition) is 0. The van der Waals surface area contributed by atoms with Crippen molar-refractivity contribution in [1.29, 1.82) is 0 Å². The first-order valence-corrected chi connectivity index (χ1v) is 3.55. The average molecular weight is 166 g/mol. The van der Waals surface area contributed by atoms with Crippen LogP contribution in [0.3, 0.4) is 0 Å². The van der Waals surface area contributed by atoms with Crippen molar-refractivity contribution in [3.8, 4) is 25.1 Å². The third-order valence-corrected chi connectivity index (χ3v) is 1.74. The quantitative estimate of drug-likeness (QED) is 0.559. The molecule has 3 nitrogen and oxygen atoms in total. The largest absolute Gasteiger partial charge is 0.446 e. The highest BCUT2D eigenvalue weighted by Gasteiger charge is 2.40. The lowest BCUT2D eigenvalue weighted by molar-refractivity contribution is -0.156. The van der Waals surface area contributed by atoms with Crippen molar-refractivity contribution in [2.45, 2.75) is 0 Å². The van der Waals surface area contributed by atoms with Crippen molar-refractivity contribution in [2.75, 3.05) is 26.4 Å². The third-order valence-electron chi connectivity index (χ3n) is 1.74. The standard InChI is InChI=1S/C9H10O3/c1-3-10-5-9(6-11-4-2)7-12-8-9/h1-2H,5-8H2. The van der Waals surface area contributed by atoms with Gasteiger partial charge in [0.2, 0.25) is 0 Å². The third kappa shape index (κ3) is 1.84. The molecule has 0 spiro atoms. The SMILES string of the molecule is C#COCC1(COC#C)COC1. The molecule has 3 heteroatoms. The van der Waals surface area contributed by atoms with E-state index in [1.807, 2.05) is 0 Å². The summed E-state index contributed by atoms with van der Waals surface area (Å²) >= 11 is 0. The van der Waals surface area contributed by atoms with Crippen molar-refractivity contribution in [3.63, 3.8) is 0 Å². The summed E-state index contributed by atoms with van der Waals surface area (Å²) in [6.45, 7) is 2.06. The Labute approximate surface area is 72.0 Å². The molecule has 0 N–H and O–H groups in total. The summed E-state index contributed by atoms with van der Waals surface area (Å²) in [6.07, 6.45) is 14.1. The molecule has 64 valence electrons. The Morgan fingerprint density at radius 3 is 1.92 bits per heavy atom. The molecular weight excluding hydrogens is 156 g/mol. The average Bonchev–Trinajstić information content (AvgIpc) is 2.02. The van der Waals surface area contributed by atoms with Crippen molar-refractivity contribution in [1.82, 2.24) is 0 Å². The van der Waals surface area contributed by atoms with Gasteiger partial charge in [-0.15, -0.1) is 0 Å². The van der Waals surface area contributed by atoms with Gasteiger partial charge < -0.3 is 14.2 Å². The molecule has 0 unspecified atom stereocenters. The van der Waals surface area contributed by atoms with Crippen molar-refractivity contribution in [3.05, 3.63) is 0 Å². The summed E-state index contributed by atoms with van der Waals surface area (Å²) in [5, 5.41) is 0. The monoisotopic (exact) mass is 166 g/mol. The molecule has 0 aromatic rings. The van der Waals surface area contributed by atoms with Gasteiger partial charge in [0.25, 0.3) is 0 Å². The van der Waals surface area contributed by atoms with Gasteiger partial charge in [0.1, 0.15) is 25.4 Å². The van der Waals surface area contributed by atoms with E-state index < -0.39 is 0 Å². The van der Waals surface area contributed by atoms with E-state index in [0.717, 1.165) is 0 Å². The molecule has 1 heterocycles. The molecular formula is C9H10O3. The molecule has 1 aliphatic heterocycles. The van der Waals surface area contributed by atoms with Gasteiger partial charge in [0.05, 0.1) is 18.6 Å². The van der Waals surface area contributed by atoms with Crippen LogP contribution >= 0.6 is 0 Å². The zero-order chi connectivity index (χ0) is 8.86. The molecule has 1 aliphatic rings.